The molecule has 422 valence electrons. The number of carbonyl (C=O) groups excluding carboxylic acids is 5. The minimum atomic E-state index is -1.21. The molecule has 1 saturated carbocycles. The zero-order valence-electron chi connectivity index (χ0n) is 43.6. The number of hydrogen-bond acceptors (Lipinski definition) is 14. The molecule has 0 spiro atoms. The van der Waals surface area contributed by atoms with Gasteiger partial charge in [-0.2, -0.15) is 0 Å². The van der Waals surface area contributed by atoms with Gasteiger partial charge in [0.1, 0.15) is 25.3 Å². The first-order valence-electron chi connectivity index (χ1n) is 27.1. The number of nitrogens with one attached hydrogen (secondary N) is 6. The van der Waals surface area contributed by atoms with Crippen LogP contribution in [0.5, 0.6) is 0 Å². The number of carboxylic acids is 3. The second-order valence-electron chi connectivity index (χ2n) is 18.9. The van der Waals surface area contributed by atoms with E-state index in [2.05, 4.69) is 44.1 Å². The highest BCUT2D eigenvalue weighted by atomic mass is 32.1. The molecule has 0 saturated heterocycles. The van der Waals surface area contributed by atoms with Crippen molar-refractivity contribution in [1.82, 2.24) is 31.3 Å². The van der Waals surface area contributed by atoms with Gasteiger partial charge in [0.25, 0.3) is 0 Å². The zero-order chi connectivity index (χ0) is 53.6. The Morgan fingerprint density at radius 2 is 0.877 bits per heavy atom. The highest BCUT2D eigenvalue weighted by Crippen LogP contribution is 2.29. The summed E-state index contributed by atoms with van der Waals surface area (Å²) in [4.78, 5) is 95.0. The van der Waals surface area contributed by atoms with E-state index >= 15 is 0 Å². The maximum Gasteiger partial charge on any atom is 0.326 e. The summed E-state index contributed by atoms with van der Waals surface area (Å²) in [5.74, 6) is -4.18. The number of unbranched alkanes of at least 4 members (excludes halogenated alkanes) is 16. The summed E-state index contributed by atoms with van der Waals surface area (Å²) in [6.45, 7) is 2.27. The van der Waals surface area contributed by atoms with E-state index in [1.54, 1.807) is 0 Å². The SMILES string of the molecule is O=C(O)CCCCCCCCCCCCCCCCCCC(=O)NCC1CCC(C(=O)NC(CCC(=O)NCCOCCOCC(=O)NCCOCCOCC(=O)NCCCCC(NS)C(=O)O)C(=O)O)CC1. The second-order valence-corrected chi connectivity index (χ2v) is 19.2. The normalized spacial score (nSPS) is 15.2. The molecule has 0 heterocycles. The number of carboxylic acid groups (broad SMARTS) is 3. The Hall–Kier alpha value is -4.09. The molecule has 0 aromatic heterocycles. The largest absolute Gasteiger partial charge is 0.481 e. The summed E-state index contributed by atoms with van der Waals surface area (Å²) in [5, 5.41) is 41.0. The molecule has 1 aliphatic rings. The van der Waals surface area contributed by atoms with Crippen molar-refractivity contribution >= 4 is 60.3 Å². The molecule has 0 aromatic carbocycles. The average Bonchev–Trinajstić information content (AvgIpc) is 3.36. The number of hydrogen-bond donors (Lipinski definition) is 10. The van der Waals surface area contributed by atoms with Crippen LogP contribution in [0.25, 0.3) is 0 Å². The summed E-state index contributed by atoms with van der Waals surface area (Å²) < 4.78 is 23.8. The molecule has 0 aromatic rings. The molecule has 9 N–H and O–H groups in total. The minimum absolute atomic E-state index is 0.0618. The number of ether oxygens (including phenoxy) is 4. The predicted molar refractivity (Wildman–Crippen MR) is 278 cm³/mol. The molecule has 22 heteroatoms. The number of rotatable bonds is 50. The fraction of sp³-hybridized carbons (Fsp3) is 0.843. The summed E-state index contributed by atoms with van der Waals surface area (Å²) in [5.41, 5.74) is 0. The topological polar surface area (TPSA) is 306 Å². The zero-order valence-corrected chi connectivity index (χ0v) is 44.5. The van der Waals surface area contributed by atoms with Crippen LogP contribution in [0.4, 0.5) is 0 Å². The van der Waals surface area contributed by atoms with Gasteiger partial charge in [0, 0.05) is 51.4 Å². The van der Waals surface area contributed by atoms with E-state index in [1.165, 1.54) is 64.2 Å². The van der Waals surface area contributed by atoms with Crippen molar-refractivity contribution < 1.29 is 72.6 Å². The maximum absolute atomic E-state index is 13.0. The van der Waals surface area contributed by atoms with E-state index in [1.807, 2.05) is 0 Å². The smallest absolute Gasteiger partial charge is 0.326 e. The molecule has 5 amide bonds. The van der Waals surface area contributed by atoms with Crippen molar-refractivity contribution in [2.75, 3.05) is 79.0 Å². The van der Waals surface area contributed by atoms with Gasteiger partial charge in [-0.15, -0.1) is 0 Å². The molecule has 0 aliphatic heterocycles. The maximum atomic E-state index is 13.0. The van der Waals surface area contributed by atoms with Crippen LogP contribution in [0, 0.1) is 11.8 Å². The third kappa shape index (κ3) is 40.9. The van der Waals surface area contributed by atoms with E-state index in [9.17, 15) is 43.5 Å². The van der Waals surface area contributed by atoms with Crippen molar-refractivity contribution in [3.8, 4) is 0 Å². The molecule has 2 unspecified atom stereocenters. The number of thiol groups is 1. The lowest BCUT2D eigenvalue weighted by Crippen LogP contribution is -2.45. The van der Waals surface area contributed by atoms with E-state index in [4.69, 9.17) is 29.2 Å². The molecule has 1 aliphatic carbocycles. The van der Waals surface area contributed by atoms with Crippen molar-refractivity contribution in [3.63, 3.8) is 0 Å². The Morgan fingerprint density at radius 3 is 1.36 bits per heavy atom. The highest BCUT2D eigenvalue weighted by molar-refractivity contribution is 7.78. The van der Waals surface area contributed by atoms with Gasteiger partial charge < -0.3 is 60.9 Å². The van der Waals surface area contributed by atoms with E-state index in [0.29, 0.717) is 51.6 Å². The Morgan fingerprint density at radius 1 is 0.438 bits per heavy atom. The third-order valence-electron chi connectivity index (χ3n) is 12.7. The summed E-state index contributed by atoms with van der Waals surface area (Å²) >= 11 is 3.78. The van der Waals surface area contributed by atoms with Gasteiger partial charge in [-0.25, -0.2) is 4.79 Å². The van der Waals surface area contributed by atoms with Crippen molar-refractivity contribution in [2.24, 2.45) is 11.8 Å². The fourth-order valence-electron chi connectivity index (χ4n) is 8.26. The Balaban J connectivity index is 1.97. The first kappa shape index (κ1) is 66.9. The van der Waals surface area contributed by atoms with Gasteiger partial charge in [-0.3, -0.25) is 38.3 Å². The molecule has 0 bridgehead atoms. The summed E-state index contributed by atoms with van der Waals surface area (Å²) in [6.07, 6.45) is 23.7. The van der Waals surface area contributed by atoms with Crippen LogP contribution in [0.1, 0.15) is 173 Å². The monoisotopic (exact) mass is 1060 g/mol. The summed E-state index contributed by atoms with van der Waals surface area (Å²) in [7, 11) is 0. The van der Waals surface area contributed by atoms with Gasteiger partial charge in [-0.05, 0) is 70.1 Å². The lowest BCUT2D eigenvalue weighted by Gasteiger charge is -2.28. The van der Waals surface area contributed by atoms with Gasteiger partial charge in [-0.1, -0.05) is 103 Å². The lowest BCUT2D eigenvalue weighted by atomic mass is 9.81. The fourth-order valence-corrected chi connectivity index (χ4v) is 8.50. The second kappa shape index (κ2) is 46.4. The number of carbonyl (C=O) groups is 8. The van der Waals surface area contributed by atoms with Crippen LogP contribution in [0.3, 0.4) is 0 Å². The highest BCUT2D eigenvalue weighted by Gasteiger charge is 2.30. The van der Waals surface area contributed by atoms with Gasteiger partial charge in [0.15, 0.2) is 0 Å². The molecular formula is C51H92N6O15S. The van der Waals surface area contributed by atoms with E-state index in [-0.39, 0.29) is 127 Å². The van der Waals surface area contributed by atoms with Crippen LogP contribution in [-0.4, -0.2) is 154 Å². The Kier molecular flexibility index (Phi) is 42.6. The molecule has 0 radical (unpaired) electrons. The quantitative estimate of drug-likeness (QED) is 0.0288. The van der Waals surface area contributed by atoms with E-state index in [0.717, 1.165) is 51.4 Å². The third-order valence-corrected chi connectivity index (χ3v) is 13.0. The molecule has 2 atom stereocenters. The van der Waals surface area contributed by atoms with Crippen molar-refractivity contribution in [2.45, 2.75) is 185 Å². The molecule has 1 fully saturated rings. The summed E-state index contributed by atoms with van der Waals surface area (Å²) in [6, 6.07) is -1.93. The van der Waals surface area contributed by atoms with Crippen LogP contribution < -0.4 is 31.3 Å². The van der Waals surface area contributed by atoms with Crippen LogP contribution in [-0.2, 0) is 57.3 Å². The van der Waals surface area contributed by atoms with Crippen molar-refractivity contribution in [3.05, 3.63) is 0 Å². The standard InChI is InChI=1S/C51H92N6O15S/c58-44(20-15-13-11-9-7-5-3-1-2-4-6-8-10-12-14-16-21-48(62)63)55-37-40-22-24-41(25-23-40)49(64)56-42(50(65)66)26-27-45(59)53-29-31-69-33-36-72-39-47(61)54-30-32-70-34-35-71-38-46(60)52-28-18-17-19-43(57-73)51(67)68/h40-43,57,73H,1-39H2,(H,52,60)(H,53,59)(H,54,61)(H,55,58)(H,56,64)(H,62,63)(H,65,66)(H,67,68). The van der Waals surface area contributed by atoms with Crippen molar-refractivity contribution in [1.29, 1.82) is 0 Å². The molecular weight excluding hydrogens is 969 g/mol. The lowest BCUT2D eigenvalue weighted by molar-refractivity contribution is -0.143. The van der Waals surface area contributed by atoms with Crippen LogP contribution in [0.15, 0.2) is 0 Å². The minimum Gasteiger partial charge on any atom is -0.481 e. The molecule has 1 rings (SSSR count). The Labute approximate surface area is 439 Å². The number of aliphatic carboxylic acids is 3. The van der Waals surface area contributed by atoms with E-state index < -0.39 is 30.0 Å². The molecule has 73 heavy (non-hydrogen) atoms. The van der Waals surface area contributed by atoms with Gasteiger partial charge >= 0.3 is 17.9 Å². The Bertz CT molecular complexity index is 1520. The molecule has 21 nitrogen and oxygen atoms in total. The number of amides is 5. The first-order chi connectivity index (χ1) is 35.3. The van der Waals surface area contributed by atoms with Gasteiger partial charge in [0.05, 0.1) is 39.6 Å². The predicted octanol–water partition coefficient (Wildman–Crippen LogP) is 4.84. The van der Waals surface area contributed by atoms with Crippen LogP contribution >= 0.6 is 12.8 Å². The average molecular weight is 1060 g/mol. The first-order valence-corrected chi connectivity index (χ1v) is 27.5. The van der Waals surface area contributed by atoms with Gasteiger partial charge in [0.2, 0.25) is 29.5 Å². The van der Waals surface area contributed by atoms with Crippen LogP contribution in [0.2, 0.25) is 0 Å².